The molecule has 0 aliphatic rings. The second-order valence-electron chi connectivity index (χ2n) is 5.24. The van der Waals surface area contributed by atoms with E-state index in [9.17, 15) is 13.7 Å². The van der Waals surface area contributed by atoms with E-state index in [0.717, 1.165) is 5.56 Å². The van der Waals surface area contributed by atoms with Gasteiger partial charge >= 0.3 is 0 Å². The van der Waals surface area contributed by atoms with Gasteiger partial charge in [-0.25, -0.2) is 23.4 Å². The number of sulfone groups is 1. The van der Waals surface area contributed by atoms with Crippen LogP contribution in [0.15, 0.2) is 53.9 Å². The zero-order chi connectivity index (χ0) is 20.7. The Morgan fingerprint density at radius 2 is 1.32 bits per heavy atom. The van der Waals surface area contributed by atoms with Gasteiger partial charge in [0.05, 0.1) is 11.0 Å². The molecule has 1 aromatic carbocycles. The Hall–Kier alpha value is -2.31. The number of nitrogens with zero attached hydrogens (tertiary/aromatic N) is 5. The predicted molar refractivity (Wildman–Crippen MR) is 106 cm³/mol. The van der Waals surface area contributed by atoms with Gasteiger partial charge in [-0.2, -0.15) is 5.26 Å². The second-order valence-corrected chi connectivity index (χ2v) is 8.34. The Morgan fingerprint density at radius 3 is 1.75 bits per heavy atom. The number of hydrogen-bond donors (Lipinski definition) is 0. The van der Waals surface area contributed by atoms with Gasteiger partial charge in [-0.15, -0.1) is 0 Å². The highest BCUT2D eigenvalue weighted by molar-refractivity contribution is 7.92. The van der Waals surface area contributed by atoms with Crippen molar-refractivity contribution in [2.45, 2.75) is 17.1 Å². The molecule has 7 nitrogen and oxygen atoms in total. The fourth-order valence-electron chi connectivity index (χ4n) is 1.95. The topological polar surface area (TPSA) is 109 Å². The summed E-state index contributed by atoms with van der Waals surface area (Å²) < 4.78 is 25.0. The Labute approximate surface area is 176 Å². The van der Waals surface area contributed by atoms with Crippen LogP contribution in [0.25, 0.3) is 0 Å². The largest absolute Gasteiger partial charge is 0.254 e. The van der Waals surface area contributed by atoms with Crippen molar-refractivity contribution in [1.29, 1.82) is 5.26 Å². The van der Waals surface area contributed by atoms with Gasteiger partial charge in [-0.3, -0.25) is 4.98 Å². The van der Waals surface area contributed by atoms with Crippen LogP contribution < -0.4 is 0 Å². The van der Waals surface area contributed by atoms with Crippen LogP contribution >= 0.6 is 34.8 Å². The van der Waals surface area contributed by atoms with Crippen molar-refractivity contribution in [2.75, 3.05) is 0 Å². The molecule has 0 aliphatic heterocycles. The SMILES string of the molecule is Cc1ccc(S(=O)(=O)C(C#N)c2nccnc2Cl)cc1.Clc1nccnc1Cl. The Bertz CT molecular complexity index is 1080. The molecule has 0 N–H and O–H groups in total. The Morgan fingerprint density at radius 1 is 0.857 bits per heavy atom. The van der Waals surface area contributed by atoms with Gasteiger partial charge in [0.25, 0.3) is 0 Å². The minimum atomic E-state index is -3.89. The predicted octanol–water partition coefficient (Wildman–Crippen LogP) is 4.26. The standard InChI is InChI=1S/C13H10ClN3O2S.C4H2Cl2N2/c1-9-2-4-10(5-3-9)20(18,19)11(8-15)12-13(14)17-7-6-16-12;5-3-4(6)8-2-1-7-3/h2-7,11H,1H3;1-2H. The molecule has 3 aromatic rings. The fourth-order valence-corrected chi connectivity index (χ4v) is 3.84. The molecule has 0 saturated heterocycles. The maximum Gasteiger partial charge on any atom is 0.200 e. The van der Waals surface area contributed by atoms with Crippen LogP contribution in [0.5, 0.6) is 0 Å². The van der Waals surface area contributed by atoms with Crippen LogP contribution in [-0.4, -0.2) is 28.4 Å². The van der Waals surface area contributed by atoms with Crippen molar-refractivity contribution in [3.8, 4) is 6.07 Å². The van der Waals surface area contributed by atoms with Crippen LogP contribution in [0.1, 0.15) is 16.5 Å². The lowest BCUT2D eigenvalue weighted by atomic mass is 10.2. The van der Waals surface area contributed by atoms with Gasteiger partial charge in [0.2, 0.25) is 9.84 Å². The molecule has 2 heterocycles. The minimum Gasteiger partial charge on any atom is -0.254 e. The monoisotopic (exact) mass is 455 g/mol. The quantitative estimate of drug-likeness (QED) is 0.579. The number of aryl methyl sites for hydroxylation is 1. The first-order valence-electron chi connectivity index (χ1n) is 7.56. The third-order valence-electron chi connectivity index (χ3n) is 3.32. The summed E-state index contributed by atoms with van der Waals surface area (Å²) in [5.41, 5.74) is 0.868. The summed E-state index contributed by atoms with van der Waals surface area (Å²) in [6.45, 7) is 1.84. The fraction of sp³-hybridized carbons (Fsp3) is 0.118. The van der Waals surface area contributed by atoms with E-state index < -0.39 is 15.1 Å². The third kappa shape index (κ3) is 5.36. The number of benzene rings is 1. The number of halogens is 3. The smallest absolute Gasteiger partial charge is 0.200 e. The molecule has 0 amide bonds. The van der Waals surface area contributed by atoms with E-state index >= 15 is 0 Å². The van der Waals surface area contributed by atoms with E-state index in [1.807, 2.05) is 6.92 Å². The molecule has 2 aromatic heterocycles. The van der Waals surface area contributed by atoms with E-state index in [1.165, 1.54) is 36.9 Å². The van der Waals surface area contributed by atoms with Crippen LogP contribution in [0, 0.1) is 18.3 Å². The molecule has 144 valence electrons. The average Bonchev–Trinajstić information content (AvgIpc) is 2.67. The van der Waals surface area contributed by atoms with Crippen molar-refractivity contribution < 1.29 is 8.42 Å². The molecule has 3 rings (SSSR count). The molecule has 0 aliphatic carbocycles. The van der Waals surface area contributed by atoms with Crippen molar-refractivity contribution >= 4 is 44.6 Å². The summed E-state index contributed by atoms with van der Waals surface area (Å²) in [7, 11) is -3.89. The summed E-state index contributed by atoms with van der Waals surface area (Å²) in [5, 5.41) is 8.12. The zero-order valence-electron chi connectivity index (χ0n) is 14.3. The molecule has 0 radical (unpaired) electrons. The second kappa shape index (κ2) is 9.75. The average molecular weight is 457 g/mol. The first-order valence-corrected chi connectivity index (χ1v) is 10.2. The maximum absolute atomic E-state index is 12.5. The lowest BCUT2D eigenvalue weighted by Crippen LogP contribution is -2.14. The van der Waals surface area contributed by atoms with Gasteiger partial charge in [-0.1, -0.05) is 52.5 Å². The van der Waals surface area contributed by atoms with E-state index in [0.29, 0.717) is 0 Å². The lowest BCUT2D eigenvalue weighted by molar-refractivity contribution is 0.590. The van der Waals surface area contributed by atoms with Crippen LogP contribution in [0.2, 0.25) is 15.5 Å². The van der Waals surface area contributed by atoms with Crippen LogP contribution in [0.4, 0.5) is 0 Å². The first-order chi connectivity index (χ1) is 13.3. The Kier molecular flexibility index (Phi) is 7.66. The number of hydrogen-bond acceptors (Lipinski definition) is 7. The molecule has 1 unspecified atom stereocenters. The van der Waals surface area contributed by atoms with Gasteiger partial charge in [0.15, 0.2) is 20.7 Å². The van der Waals surface area contributed by atoms with Crippen molar-refractivity contribution in [2.24, 2.45) is 0 Å². The number of rotatable bonds is 3. The molecular weight excluding hydrogens is 445 g/mol. The third-order valence-corrected chi connectivity index (χ3v) is 6.14. The molecule has 0 saturated carbocycles. The van der Waals surface area contributed by atoms with Crippen molar-refractivity contribution in [3.63, 3.8) is 0 Å². The van der Waals surface area contributed by atoms with E-state index in [1.54, 1.807) is 18.2 Å². The van der Waals surface area contributed by atoms with E-state index in [4.69, 9.17) is 34.8 Å². The van der Waals surface area contributed by atoms with E-state index in [-0.39, 0.29) is 26.0 Å². The maximum atomic E-state index is 12.5. The highest BCUT2D eigenvalue weighted by Crippen LogP contribution is 2.30. The summed E-state index contributed by atoms with van der Waals surface area (Å²) in [6, 6.07) is 7.99. The van der Waals surface area contributed by atoms with Gasteiger partial charge < -0.3 is 0 Å². The molecule has 0 bridgehead atoms. The highest BCUT2D eigenvalue weighted by atomic mass is 35.5. The Balaban J connectivity index is 0.000000292. The summed E-state index contributed by atoms with van der Waals surface area (Å²) in [4.78, 5) is 15.0. The van der Waals surface area contributed by atoms with Crippen LogP contribution in [-0.2, 0) is 9.84 Å². The summed E-state index contributed by atoms with van der Waals surface area (Å²) >= 11 is 16.6. The van der Waals surface area contributed by atoms with Gasteiger partial charge in [0.1, 0.15) is 5.69 Å². The van der Waals surface area contributed by atoms with E-state index in [2.05, 4.69) is 19.9 Å². The molecule has 28 heavy (non-hydrogen) atoms. The minimum absolute atomic E-state index is 0.0522. The molecule has 0 fully saturated rings. The van der Waals surface area contributed by atoms with Crippen molar-refractivity contribution in [3.05, 3.63) is 75.8 Å². The summed E-state index contributed by atoms with van der Waals surface area (Å²) in [5.74, 6) is 0. The first kappa shape index (κ1) is 22.0. The molecular formula is C17H12Cl3N5O2S. The normalized spacial score (nSPS) is 11.7. The lowest BCUT2D eigenvalue weighted by Gasteiger charge is -2.11. The summed E-state index contributed by atoms with van der Waals surface area (Å²) in [6.07, 6.45) is 5.59. The molecule has 11 heteroatoms. The van der Waals surface area contributed by atoms with Gasteiger partial charge in [0, 0.05) is 24.8 Å². The van der Waals surface area contributed by atoms with Crippen molar-refractivity contribution in [1.82, 2.24) is 19.9 Å². The zero-order valence-corrected chi connectivity index (χ0v) is 17.4. The molecule has 1 atom stereocenters. The van der Waals surface area contributed by atoms with Gasteiger partial charge in [-0.05, 0) is 19.1 Å². The van der Waals surface area contributed by atoms with Crippen LogP contribution in [0.3, 0.4) is 0 Å². The highest BCUT2D eigenvalue weighted by Gasteiger charge is 2.32. The number of nitriles is 1. The number of aromatic nitrogens is 4. The molecule has 0 spiro atoms.